The van der Waals surface area contributed by atoms with Crippen molar-refractivity contribution < 1.29 is 9.59 Å². The van der Waals surface area contributed by atoms with E-state index in [0.717, 1.165) is 0 Å². The largest absolute Gasteiger partial charge is 0.352 e. The molecule has 10 heavy (non-hydrogen) atoms. The molecule has 0 aliphatic heterocycles. The standard InChI is InChI=1S/CH4N2O.CH2O.ClH.3H3N/c2-1(3)4;1-2;;;;/h(H4,2,3,4);1H2;1H;3*1H3. The quantitative estimate of drug-likeness (QED) is 0.340. The summed E-state index contributed by atoms with van der Waals surface area (Å²) in [5, 5.41) is 0. The number of carbonyl (C=O) groups is 2. The van der Waals surface area contributed by atoms with Crippen molar-refractivity contribution in [3.8, 4) is 0 Å². The van der Waals surface area contributed by atoms with Crippen molar-refractivity contribution in [1.29, 1.82) is 0 Å². The highest BCUT2D eigenvalue weighted by molar-refractivity contribution is 5.85. The molecule has 2 amide bonds. The zero-order valence-corrected chi connectivity index (χ0v) is 6.52. The van der Waals surface area contributed by atoms with Gasteiger partial charge < -0.3 is 34.7 Å². The third-order valence-corrected chi connectivity index (χ3v) is 0. The first kappa shape index (κ1) is 61.9. The van der Waals surface area contributed by atoms with Gasteiger partial charge in [0.15, 0.2) is 0 Å². The van der Waals surface area contributed by atoms with Gasteiger partial charge in [0.1, 0.15) is 6.79 Å². The van der Waals surface area contributed by atoms with Gasteiger partial charge in [0.25, 0.3) is 0 Å². The summed E-state index contributed by atoms with van der Waals surface area (Å²) >= 11 is 0. The summed E-state index contributed by atoms with van der Waals surface area (Å²) in [4.78, 5) is 17.0. The molecule has 68 valence electrons. The molecule has 0 unspecified atom stereocenters. The lowest BCUT2D eigenvalue weighted by molar-refractivity contribution is -0.0979. The molecule has 0 aromatic heterocycles. The Balaban J connectivity index is -0.00000000625. The first-order valence-electron chi connectivity index (χ1n) is 1.07. The lowest BCUT2D eigenvalue weighted by Crippen LogP contribution is -2.18. The Labute approximate surface area is 65.7 Å². The molecule has 0 saturated carbocycles. The van der Waals surface area contributed by atoms with Gasteiger partial charge in [-0.3, -0.25) is 0 Å². The first-order chi connectivity index (χ1) is 2.73. The van der Waals surface area contributed by atoms with E-state index in [1.54, 1.807) is 0 Å². The molecule has 0 atom stereocenters. The molecular formula is C2H16ClN5O2. The van der Waals surface area contributed by atoms with Gasteiger partial charge in [-0.1, -0.05) is 0 Å². The molecular weight excluding hydrogens is 162 g/mol. The molecule has 0 rings (SSSR count). The van der Waals surface area contributed by atoms with E-state index < -0.39 is 6.03 Å². The van der Waals surface area contributed by atoms with Crippen LogP contribution in [-0.4, -0.2) is 12.8 Å². The van der Waals surface area contributed by atoms with Crippen LogP contribution >= 0.6 is 12.4 Å². The molecule has 0 fully saturated rings. The fourth-order valence-electron chi connectivity index (χ4n) is 0. The van der Waals surface area contributed by atoms with Crippen LogP contribution in [-0.2, 0) is 4.79 Å². The molecule has 0 aromatic carbocycles. The molecule has 0 aliphatic rings. The third-order valence-electron chi connectivity index (χ3n) is 0. The Morgan fingerprint density at radius 1 is 1.00 bits per heavy atom. The summed E-state index contributed by atoms with van der Waals surface area (Å²) < 4.78 is 0. The van der Waals surface area contributed by atoms with E-state index in [1.165, 1.54) is 0 Å². The van der Waals surface area contributed by atoms with Gasteiger partial charge in [-0.25, -0.2) is 4.79 Å². The van der Waals surface area contributed by atoms with Crippen molar-refractivity contribution in [1.82, 2.24) is 18.5 Å². The summed E-state index contributed by atoms with van der Waals surface area (Å²) in [6.07, 6.45) is 0. The van der Waals surface area contributed by atoms with Crippen molar-refractivity contribution in [2.45, 2.75) is 0 Å². The minimum absolute atomic E-state index is 0. The zero-order valence-electron chi connectivity index (χ0n) is 5.71. The van der Waals surface area contributed by atoms with Crippen LogP contribution in [0.1, 0.15) is 0 Å². The summed E-state index contributed by atoms with van der Waals surface area (Å²) in [5.74, 6) is 0. The van der Waals surface area contributed by atoms with Crippen LogP contribution in [0.2, 0.25) is 0 Å². The van der Waals surface area contributed by atoms with Gasteiger partial charge >= 0.3 is 6.03 Å². The van der Waals surface area contributed by atoms with E-state index in [4.69, 9.17) is 9.59 Å². The van der Waals surface area contributed by atoms with E-state index in [-0.39, 0.29) is 30.9 Å². The Morgan fingerprint density at radius 2 is 1.00 bits per heavy atom. The van der Waals surface area contributed by atoms with E-state index in [9.17, 15) is 0 Å². The maximum atomic E-state index is 9.00. The van der Waals surface area contributed by atoms with Crippen LogP contribution < -0.4 is 29.9 Å². The SMILES string of the molecule is C=O.Cl.N.N.N.NC(N)=O. The maximum Gasteiger partial charge on any atom is 0.309 e. The van der Waals surface area contributed by atoms with Crippen molar-refractivity contribution in [3.05, 3.63) is 0 Å². The van der Waals surface area contributed by atoms with Gasteiger partial charge in [-0.15, -0.1) is 12.4 Å². The van der Waals surface area contributed by atoms with Crippen molar-refractivity contribution in [2.75, 3.05) is 0 Å². The highest BCUT2D eigenvalue weighted by atomic mass is 35.5. The fraction of sp³-hybridized carbons (Fsp3) is 0. The molecule has 0 radical (unpaired) electrons. The minimum Gasteiger partial charge on any atom is -0.352 e. The van der Waals surface area contributed by atoms with Gasteiger partial charge in [-0.05, 0) is 0 Å². The number of hydrogen-bond acceptors (Lipinski definition) is 5. The molecule has 0 saturated heterocycles. The van der Waals surface area contributed by atoms with Crippen molar-refractivity contribution in [3.63, 3.8) is 0 Å². The minimum atomic E-state index is -0.833. The number of rotatable bonds is 0. The molecule has 13 N–H and O–H groups in total. The predicted octanol–water partition coefficient (Wildman–Crippen LogP) is -0.253. The second-order valence-corrected chi connectivity index (χ2v) is 0.402. The maximum absolute atomic E-state index is 9.00. The Morgan fingerprint density at radius 3 is 1.00 bits per heavy atom. The second kappa shape index (κ2) is 92.1. The summed E-state index contributed by atoms with van der Waals surface area (Å²) in [5.41, 5.74) is 8.50. The van der Waals surface area contributed by atoms with Gasteiger partial charge in [0.2, 0.25) is 0 Å². The number of nitrogens with two attached hydrogens (primary N) is 2. The second-order valence-electron chi connectivity index (χ2n) is 0.402. The van der Waals surface area contributed by atoms with E-state index >= 15 is 0 Å². The molecule has 0 bridgehead atoms. The lowest BCUT2D eigenvalue weighted by atomic mass is 11.2. The third kappa shape index (κ3) is 335. The molecule has 0 aromatic rings. The number of primary amides is 2. The van der Waals surface area contributed by atoms with E-state index in [1.807, 2.05) is 6.79 Å². The predicted molar refractivity (Wildman–Crippen MR) is 43.2 cm³/mol. The lowest BCUT2D eigenvalue weighted by Gasteiger charge is -1.62. The molecule has 0 heterocycles. The van der Waals surface area contributed by atoms with Gasteiger partial charge in [-0.2, -0.15) is 0 Å². The average Bonchev–Trinajstić information content (AvgIpc) is 1.41. The number of amides is 2. The molecule has 8 heteroatoms. The topological polar surface area (TPSA) is 191 Å². The highest BCUT2D eigenvalue weighted by Gasteiger charge is 1.60. The monoisotopic (exact) mass is 177 g/mol. The van der Waals surface area contributed by atoms with Crippen LogP contribution in [0.25, 0.3) is 0 Å². The van der Waals surface area contributed by atoms with Crippen LogP contribution in [0, 0.1) is 0 Å². The Bertz CT molecular complexity index is 48.9. The van der Waals surface area contributed by atoms with Crippen LogP contribution in [0.3, 0.4) is 0 Å². The van der Waals surface area contributed by atoms with Gasteiger partial charge in [0, 0.05) is 0 Å². The smallest absolute Gasteiger partial charge is 0.309 e. The number of halogens is 1. The van der Waals surface area contributed by atoms with Crippen LogP contribution in [0.15, 0.2) is 0 Å². The summed E-state index contributed by atoms with van der Waals surface area (Å²) in [6.45, 7) is 2.00. The first-order valence-corrected chi connectivity index (χ1v) is 1.07. The summed E-state index contributed by atoms with van der Waals surface area (Å²) in [6, 6.07) is -0.833. The Kier molecular flexibility index (Phi) is 570. The number of hydrogen-bond donors (Lipinski definition) is 5. The normalized spacial score (nSPS) is 2.80. The number of carbonyl (C=O) groups excluding carboxylic acids is 2. The van der Waals surface area contributed by atoms with E-state index in [0.29, 0.717) is 0 Å². The zero-order chi connectivity index (χ0) is 5.58. The average molecular weight is 178 g/mol. The van der Waals surface area contributed by atoms with Crippen LogP contribution in [0.5, 0.6) is 0 Å². The van der Waals surface area contributed by atoms with Crippen LogP contribution in [0.4, 0.5) is 4.79 Å². The molecule has 0 spiro atoms. The fourth-order valence-corrected chi connectivity index (χ4v) is 0. The Hall–Kier alpha value is -0.890. The highest BCUT2D eigenvalue weighted by Crippen LogP contribution is 1.25. The molecule has 0 aliphatic carbocycles. The van der Waals surface area contributed by atoms with Crippen molar-refractivity contribution >= 4 is 25.2 Å². The number of urea groups is 1. The summed E-state index contributed by atoms with van der Waals surface area (Å²) in [7, 11) is 0. The van der Waals surface area contributed by atoms with E-state index in [2.05, 4.69) is 11.5 Å². The van der Waals surface area contributed by atoms with Crippen molar-refractivity contribution in [2.24, 2.45) is 11.5 Å². The molecule has 7 nitrogen and oxygen atoms in total. The van der Waals surface area contributed by atoms with Gasteiger partial charge in [0.05, 0.1) is 0 Å².